The van der Waals surface area contributed by atoms with Gasteiger partial charge in [-0.3, -0.25) is 14.9 Å². The van der Waals surface area contributed by atoms with Crippen LogP contribution in [-0.4, -0.2) is 52.5 Å². The Kier molecular flexibility index (Phi) is 8.45. The molecule has 1 atom stereocenters. The van der Waals surface area contributed by atoms with Crippen LogP contribution in [0.15, 0.2) is 71.1 Å². The van der Waals surface area contributed by atoms with Crippen LogP contribution >= 0.6 is 22.9 Å². The number of tetrazole rings is 1. The van der Waals surface area contributed by atoms with E-state index in [1.807, 2.05) is 12.3 Å². The van der Waals surface area contributed by atoms with E-state index in [2.05, 4.69) is 41.3 Å². The highest BCUT2D eigenvalue weighted by Crippen LogP contribution is 2.24. The van der Waals surface area contributed by atoms with Gasteiger partial charge in [0, 0.05) is 39.8 Å². The molecule has 1 unspecified atom stereocenters. The molecule has 3 aromatic heterocycles. The van der Waals surface area contributed by atoms with Crippen LogP contribution in [-0.2, 0) is 11.2 Å². The number of H-pyrrole nitrogens is 1. The highest BCUT2D eigenvalue weighted by atomic mass is 35.5. The Hall–Kier alpha value is -5.21. The quantitative estimate of drug-likeness (QED) is 0.181. The third-order valence-electron chi connectivity index (χ3n) is 5.99. The summed E-state index contributed by atoms with van der Waals surface area (Å²) in [6.45, 7) is 1.88. The Morgan fingerprint density at radius 2 is 2.00 bits per heavy atom. The summed E-state index contributed by atoms with van der Waals surface area (Å²) in [5.74, 6) is -0.422. The fourth-order valence-electron chi connectivity index (χ4n) is 4.10. The number of hydrogen-bond acceptors (Lipinski definition) is 9. The van der Waals surface area contributed by atoms with E-state index in [4.69, 9.17) is 16.7 Å². The number of anilines is 1. The highest BCUT2D eigenvalue weighted by Gasteiger charge is 2.20. The second-order valence-corrected chi connectivity index (χ2v) is 10.4. The van der Waals surface area contributed by atoms with Crippen LogP contribution in [0, 0.1) is 6.92 Å². The van der Waals surface area contributed by atoms with Crippen molar-refractivity contribution in [2.24, 2.45) is 0 Å². The molecule has 5 aromatic rings. The first-order valence-corrected chi connectivity index (χ1v) is 13.6. The van der Waals surface area contributed by atoms with E-state index in [0.717, 1.165) is 10.7 Å². The molecule has 0 radical (unpaired) electrons. The Balaban J connectivity index is 1.43. The van der Waals surface area contributed by atoms with Gasteiger partial charge < -0.3 is 10.4 Å². The second kappa shape index (κ2) is 12.5. The zero-order valence-corrected chi connectivity index (χ0v) is 23.4. The molecule has 0 aliphatic heterocycles. The van der Waals surface area contributed by atoms with Crippen molar-refractivity contribution in [2.45, 2.75) is 19.4 Å². The Bertz CT molecular complexity index is 1820. The van der Waals surface area contributed by atoms with Crippen molar-refractivity contribution >= 4 is 46.7 Å². The Morgan fingerprint density at radius 1 is 1.19 bits per heavy atom. The number of aryl methyl sites for hydroxylation is 1. The van der Waals surface area contributed by atoms with E-state index in [-0.39, 0.29) is 0 Å². The lowest BCUT2D eigenvalue weighted by Crippen LogP contribution is -2.30. The smallest absolute Gasteiger partial charge is 0.409 e. The van der Waals surface area contributed by atoms with Crippen molar-refractivity contribution < 1.29 is 14.7 Å². The first-order valence-electron chi connectivity index (χ1n) is 12.4. The lowest BCUT2D eigenvalue weighted by atomic mass is 10.0. The predicted molar refractivity (Wildman–Crippen MR) is 157 cm³/mol. The minimum Gasteiger partial charge on any atom is -0.465 e. The summed E-state index contributed by atoms with van der Waals surface area (Å²) in [5, 5.41) is 35.2. The number of aromatic amines is 1. The molecular formula is C27H22ClN9O4S. The number of benzene rings is 2. The van der Waals surface area contributed by atoms with E-state index < -0.39 is 23.6 Å². The summed E-state index contributed by atoms with van der Waals surface area (Å²) < 4.78 is 1.46. The number of carbonyl (C=O) groups is 2. The number of hydrogen-bond donors (Lipinski definition) is 4. The number of thiazole rings is 1. The van der Waals surface area contributed by atoms with Gasteiger partial charge in [-0.05, 0) is 65.4 Å². The molecule has 15 heteroatoms. The maximum absolute atomic E-state index is 13.2. The molecule has 5 rings (SSSR count). The molecule has 0 saturated carbocycles. The summed E-state index contributed by atoms with van der Waals surface area (Å²) in [7, 11) is 0. The fourth-order valence-corrected chi connectivity index (χ4v) is 5.10. The van der Waals surface area contributed by atoms with Crippen LogP contribution in [0.25, 0.3) is 22.9 Å². The van der Waals surface area contributed by atoms with E-state index in [0.29, 0.717) is 45.2 Å². The zero-order valence-electron chi connectivity index (χ0n) is 21.9. The molecular weight excluding hydrogens is 582 g/mol. The van der Waals surface area contributed by atoms with Crippen molar-refractivity contribution in [1.29, 1.82) is 0 Å². The van der Waals surface area contributed by atoms with Crippen LogP contribution in [0.3, 0.4) is 0 Å². The lowest BCUT2D eigenvalue weighted by Gasteiger charge is -2.17. The molecule has 0 saturated heterocycles. The minimum absolute atomic E-state index is 0.303. The summed E-state index contributed by atoms with van der Waals surface area (Å²) in [4.78, 5) is 41.3. The molecule has 2 aromatic carbocycles. The maximum atomic E-state index is 13.2. The molecule has 0 spiro atoms. The first kappa shape index (κ1) is 28.3. The summed E-state index contributed by atoms with van der Waals surface area (Å²) in [5.41, 5.74) is 3.26. The topological polar surface area (TPSA) is 181 Å². The monoisotopic (exact) mass is 603 g/mol. The van der Waals surface area contributed by atoms with Gasteiger partial charge in [0.1, 0.15) is 6.33 Å². The average Bonchev–Trinajstić information content (AvgIpc) is 3.64. The van der Waals surface area contributed by atoms with Crippen LogP contribution in [0.5, 0.6) is 0 Å². The molecule has 0 aliphatic carbocycles. The molecule has 3 heterocycles. The number of aromatic nitrogens is 7. The normalized spacial score (nSPS) is 11.9. The minimum atomic E-state index is -1.20. The van der Waals surface area contributed by atoms with Gasteiger partial charge in [0.2, 0.25) is 5.91 Å². The van der Waals surface area contributed by atoms with Gasteiger partial charge in [0.05, 0.1) is 28.0 Å². The van der Waals surface area contributed by atoms with E-state index in [1.54, 1.807) is 54.6 Å². The van der Waals surface area contributed by atoms with Crippen molar-refractivity contribution in [3.05, 3.63) is 104 Å². The number of carboxylic acid groups (broad SMARTS) is 1. The van der Waals surface area contributed by atoms with Crippen LogP contribution in [0.4, 0.5) is 10.5 Å². The van der Waals surface area contributed by atoms with Gasteiger partial charge in [-0.1, -0.05) is 23.7 Å². The van der Waals surface area contributed by atoms with Crippen LogP contribution in [0.1, 0.15) is 28.0 Å². The number of nitrogens with one attached hydrogen (secondary N) is 3. The van der Waals surface area contributed by atoms with E-state index in [9.17, 15) is 14.4 Å². The number of amides is 2. The van der Waals surface area contributed by atoms with Gasteiger partial charge in [-0.15, -0.1) is 16.4 Å². The zero-order chi connectivity index (χ0) is 29.6. The Morgan fingerprint density at radius 3 is 2.69 bits per heavy atom. The number of rotatable bonds is 9. The maximum Gasteiger partial charge on any atom is 0.409 e. The van der Waals surface area contributed by atoms with Crippen molar-refractivity contribution in [1.82, 2.24) is 40.7 Å². The third-order valence-corrected chi connectivity index (χ3v) is 7.21. The second-order valence-electron chi connectivity index (χ2n) is 8.98. The highest BCUT2D eigenvalue weighted by molar-refractivity contribution is 7.09. The van der Waals surface area contributed by atoms with Crippen molar-refractivity contribution in [3.8, 4) is 16.8 Å². The number of nitrogens with zero attached hydrogens (tertiary/aromatic N) is 6. The summed E-state index contributed by atoms with van der Waals surface area (Å²) >= 11 is 7.64. The predicted octanol–water partition coefficient (Wildman–Crippen LogP) is 4.03. The molecule has 0 aliphatic rings. The fraction of sp³-hybridized carbons (Fsp3) is 0.111. The largest absolute Gasteiger partial charge is 0.465 e. The average molecular weight is 604 g/mol. The first-order chi connectivity index (χ1) is 20.2. The molecule has 2 amide bonds. The van der Waals surface area contributed by atoms with Crippen molar-refractivity contribution in [3.63, 3.8) is 0 Å². The number of halogens is 1. The van der Waals surface area contributed by atoms with Gasteiger partial charge >= 0.3 is 6.09 Å². The van der Waals surface area contributed by atoms with Gasteiger partial charge in [-0.2, -0.15) is 9.78 Å². The molecule has 42 heavy (non-hydrogen) atoms. The van der Waals surface area contributed by atoms with E-state index in [1.165, 1.54) is 28.4 Å². The van der Waals surface area contributed by atoms with Gasteiger partial charge in [0.15, 0.2) is 0 Å². The third kappa shape index (κ3) is 6.92. The molecule has 13 nitrogen and oxygen atoms in total. The standard InChI is InChI=1S/C27H22ClN9O4S/c1-15-13-42-25(30-15)12-21(22-11-20(26(39)34-33-22)16-2-6-19(7-3-16)31-27(40)41)32-24(38)9-4-17-10-18(28)5-8-23(17)37-14-29-35-36-37/h2-11,13-14,21,31H,12H2,1H3,(H,32,38)(H,34,39)(H,40,41). The van der Waals surface area contributed by atoms with Crippen LogP contribution < -0.4 is 16.2 Å². The summed E-state index contributed by atoms with van der Waals surface area (Å²) in [6, 6.07) is 12.4. The molecule has 212 valence electrons. The molecule has 0 bridgehead atoms. The van der Waals surface area contributed by atoms with E-state index >= 15 is 0 Å². The molecule has 0 fully saturated rings. The van der Waals surface area contributed by atoms with Crippen molar-refractivity contribution in [2.75, 3.05) is 5.32 Å². The Labute approximate surface area is 246 Å². The van der Waals surface area contributed by atoms with Crippen LogP contribution in [0.2, 0.25) is 5.02 Å². The molecule has 4 N–H and O–H groups in total. The van der Waals surface area contributed by atoms with Gasteiger partial charge in [0.25, 0.3) is 5.56 Å². The SMILES string of the molecule is Cc1csc(CC(NC(=O)C=Cc2cc(Cl)ccc2-n2cnnn2)c2cc(-c3ccc(NC(=O)O)cc3)c(=O)[nH]n2)n1. The number of carbonyl (C=O) groups excluding carboxylic acids is 1. The summed E-state index contributed by atoms with van der Waals surface area (Å²) in [6.07, 6.45) is 3.52. The van der Waals surface area contributed by atoms with Gasteiger partial charge in [-0.25, -0.2) is 14.9 Å². The lowest BCUT2D eigenvalue weighted by molar-refractivity contribution is -0.117.